The van der Waals surface area contributed by atoms with Crippen molar-refractivity contribution in [3.63, 3.8) is 0 Å². The Morgan fingerprint density at radius 2 is 2.35 bits per heavy atom. The predicted octanol–water partition coefficient (Wildman–Crippen LogP) is -0.725. The number of hydrogen-bond acceptors (Lipinski definition) is 4. The fraction of sp³-hybridized carbons (Fsp3) is 0.556. The highest BCUT2D eigenvalue weighted by Gasteiger charge is 2.23. The Balaban J connectivity index is 1.96. The third kappa shape index (κ3) is 2.83. The Morgan fingerprint density at radius 1 is 1.59 bits per heavy atom. The van der Waals surface area contributed by atoms with E-state index in [0.29, 0.717) is 18.7 Å². The molecule has 0 radical (unpaired) electrons. The van der Waals surface area contributed by atoms with Crippen LogP contribution in [0.1, 0.15) is 18.7 Å². The Kier molecular flexibility index (Phi) is 3.16. The molecule has 1 atom stereocenters. The quantitative estimate of drug-likeness (QED) is 0.662. The number of carbonyl (C=O) groups excluding carboxylic acids is 1. The number of amides is 1. The van der Waals surface area contributed by atoms with Gasteiger partial charge in [0.2, 0.25) is 5.91 Å². The topological polar surface area (TPSA) is 104 Å². The molecular weight excluding hydrogens is 244 g/mol. The van der Waals surface area contributed by atoms with E-state index in [1.54, 1.807) is 6.92 Å². The first-order valence-electron chi connectivity index (χ1n) is 5.28. The number of aromatic nitrogens is 2. The number of carbonyl (C=O) groups is 1. The van der Waals surface area contributed by atoms with E-state index < -0.39 is 10.0 Å². The van der Waals surface area contributed by atoms with Crippen LogP contribution in [0.3, 0.4) is 0 Å². The van der Waals surface area contributed by atoms with Crippen LogP contribution in [0.5, 0.6) is 0 Å². The summed E-state index contributed by atoms with van der Waals surface area (Å²) in [5.41, 5.74) is 0. The van der Waals surface area contributed by atoms with Crippen molar-refractivity contribution in [3.05, 3.63) is 12.0 Å². The van der Waals surface area contributed by atoms with Crippen LogP contribution < -0.4 is 10.0 Å². The average Bonchev–Trinajstić information content (AvgIpc) is 2.85. The second kappa shape index (κ2) is 4.46. The lowest BCUT2D eigenvalue weighted by molar-refractivity contribution is -0.119. The summed E-state index contributed by atoms with van der Waals surface area (Å²) in [6.07, 6.45) is 2.38. The smallest absolute Gasteiger partial charge is 0.257 e. The van der Waals surface area contributed by atoms with E-state index in [1.165, 1.54) is 6.20 Å². The van der Waals surface area contributed by atoms with Gasteiger partial charge in [-0.2, -0.15) is 0 Å². The second-order valence-corrected chi connectivity index (χ2v) is 5.72. The molecule has 0 bridgehead atoms. The van der Waals surface area contributed by atoms with Gasteiger partial charge in [0.05, 0.1) is 6.20 Å². The summed E-state index contributed by atoms with van der Waals surface area (Å²) >= 11 is 0. The molecule has 0 saturated carbocycles. The van der Waals surface area contributed by atoms with Gasteiger partial charge < -0.3 is 10.3 Å². The fourth-order valence-electron chi connectivity index (χ4n) is 1.65. The zero-order chi connectivity index (χ0) is 12.5. The van der Waals surface area contributed by atoms with Crippen molar-refractivity contribution in [2.24, 2.45) is 0 Å². The van der Waals surface area contributed by atoms with E-state index in [-0.39, 0.29) is 23.5 Å². The van der Waals surface area contributed by atoms with Crippen molar-refractivity contribution in [1.29, 1.82) is 0 Å². The number of rotatable bonds is 4. The minimum atomic E-state index is -3.56. The lowest BCUT2D eigenvalue weighted by Gasteiger charge is -2.10. The van der Waals surface area contributed by atoms with E-state index in [2.05, 4.69) is 20.0 Å². The van der Waals surface area contributed by atoms with Gasteiger partial charge in [-0.25, -0.2) is 18.1 Å². The van der Waals surface area contributed by atoms with E-state index >= 15 is 0 Å². The van der Waals surface area contributed by atoms with Crippen LogP contribution in [0.4, 0.5) is 0 Å². The summed E-state index contributed by atoms with van der Waals surface area (Å²) in [5, 5.41) is 2.73. The summed E-state index contributed by atoms with van der Waals surface area (Å²) < 4.78 is 26.0. The van der Waals surface area contributed by atoms with Crippen molar-refractivity contribution >= 4 is 15.9 Å². The second-order valence-electron chi connectivity index (χ2n) is 3.99. The molecule has 2 rings (SSSR count). The van der Waals surface area contributed by atoms with Crippen molar-refractivity contribution in [2.45, 2.75) is 30.8 Å². The molecule has 1 unspecified atom stereocenters. The van der Waals surface area contributed by atoms with Gasteiger partial charge in [0.15, 0.2) is 5.03 Å². The van der Waals surface area contributed by atoms with Gasteiger partial charge >= 0.3 is 0 Å². The van der Waals surface area contributed by atoms with Gasteiger partial charge in [0.1, 0.15) is 5.82 Å². The van der Waals surface area contributed by atoms with Crippen LogP contribution in [-0.4, -0.2) is 36.9 Å². The van der Waals surface area contributed by atoms with Crippen LogP contribution in [0, 0.1) is 6.92 Å². The van der Waals surface area contributed by atoms with Crippen molar-refractivity contribution in [1.82, 2.24) is 20.0 Å². The minimum absolute atomic E-state index is 0.0356. The SMILES string of the molecule is Cc1ncc(S(=O)(=O)NCC2CCC(=O)N2)[nH]1. The molecule has 0 aromatic carbocycles. The van der Waals surface area contributed by atoms with E-state index in [0.717, 1.165) is 0 Å². The van der Waals surface area contributed by atoms with Crippen LogP contribution >= 0.6 is 0 Å². The molecule has 94 valence electrons. The Bertz CT molecular complexity index is 522. The lowest BCUT2D eigenvalue weighted by Crippen LogP contribution is -2.38. The van der Waals surface area contributed by atoms with Crippen LogP contribution in [0.2, 0.25) is 0 Å². The Morgan fingerprint density at radius 3 is 2.88 bits per heavy atom. The number of aryl methyl sites for hydroxylation is 1. The number of sulfonamides is 1. The number of aromatic amines is 1. The highest BCUT2D eigenvalue weighted by atomic mass is 32.2. The fourth-order valence-corrected chi connectivity index (χ4v) is 2.70. The first-order chi connectivity index (χ1) is 7.97. The molecule has 2 heterocycles. The summed E-state index contributed by atoms with van der Waals surface area (Å²) in [5.74, 6) is 0.506. The number of nitrogens with zero attached hydrogens (tertiary/aromatic N) is 1. The van der Waals surface area contributed by atoms with Gasteiger partial charge in [0, 0.05) is 19.0 Å². The van der Waals surface area contributed by atoms with Crippen LogP contribution in [0.15, 0.2) is 11.2 Å². The molecular formula is C9H14N4O3S. The molecule has 1 amide bonds. The minimum Gasteiger partial charge on any atom is -0.352 e. The average molecular weight is 258 g/mol. The predicted molar refractivity (Wildman–Crippen MR) is 59.7 cm³/mol. The first kappa shape index (κ1) is 12.1. The molecule has 1 fully saturated rings. The summed E-state index contributed by atoms with van der Waals surface area (Å²) in [6.45, 7) is 1.88. The molecule has 1 aliphatic heterocycles. The van der Waals surface area contributed by atoms with Crippen LogP contribution in [-0.2, 0) is 14.8 Å². The lowest BCUT2D eigenvalue weighted by atomic mass is 10.2. The van der Waals surface area contributed by atoms with E-state index in [4.69, 9.17) is 0 Å². The standard InChI is InChI=1S/C9H14N4O3S/c1-6-10-5-9(12-6)17(15,16)11-4-7-2-3-8(14)13-7/h5,7,11H,2-4H2,1H3,(H,10,12)(H,13,14). The van der Waals surface area contributed by atoms with Gasteiger partial charge in [0.25, 0.3) is 10.0 Å². The van der Waals surface area contributed by atoms with Gasteiger partial charge in [-0.3, -0.25) is 4.79 Å². The molecule has 0 aliphatic carbocycles. The summed E-state index contributed by atoms with van der Waals surface area (Å²) in [7, 11) is -3.56. The zero-order valence-corrected chi connectivity index (χ0v) is 10.2. The molecule has 1 saturated heterocycles. The number of imidazole rings is 1. The van der Waals surface area contributed by atoms with E-state index in [9.17, 15) is 13.2 Å². The highest BCUT2D eigenvalue weighted by molar-refractivity contribution is 7.89. The molecule has 3 N–H and O–H groups in total. The van der Waals surface area contributed by atoms with Gasteiger partial charge in [-0.1, -0.05) is 0 Å². The molecule has 1 aromatic rings. The number of hydrogen-bond donors (Lipinski definition) is 3. The maximum atomic E-state index is 11.8. The van der Waals surface area contributed by atoms with Gasteiger partial charge in [-0.05, 0) is 13.3 Å². The van der Waals surface area contributed by atoms with Crippen molar-refractivity contribution < 1.29 is 13.2 Å². The Hall–Kier alpha value is -1.41. The van der Waals surface area contributed by atoms with Crippen LogP contribution in [0.25, 0.3) is 0 Å². The third-order valence-corrected chi connectivity index (χ3v) is 3.91. The molecule has 1 aliphatic rings. The van der Waals surface area contributed by atoms with Crippen molar-refractivity contribution in [2.75, 3.05) is 6.54 Å². The summed E-state index contributed by atoms with van der Waals surface area (Å²) in [6, 6.07) is -0.124. The number of H-pyrrole nitrogens is 1. The van der Waals surface area contributed by atoms with Gasteiger partial charge in [-0.15, -0.1) is 0 Å². The molecule has 0 spiro atoms. The maximum Gasteiger partial charge on any atom is 0.257 e. The largest absolute Gasteiger partial charge is 0.352 e. The molecule has 17 heavy (non-hydrogen) atoms. The highest BCUT2D eigenvalue weighted by Crippen LogP contribution is 2.08. The summed E-state index contributed by atoms with van der Waals surface area (Å²) in [4.78, 5) is 17.4. The van der Waals surface area contributed by atoms with E-state index in [1.807, 2.05) is 0 Å². The monoisotopic (exact) mass is 258 g/mol. The first-order valence-corrected chi connectivity index (χ1v) is 6.76. The van der Waals surface area contributed by atoms with Crippen molar-refractivity contribution in [3.8, 4) is 0 Å². The molecule has 1 aromatic heterocycles. The normalized spacial score (nSPS) is 20.5. The molecule has 8 heteroatoms. The Labute approximate surface area is 99.1 Å². The third-order valence-electron chi connectivity index (χ3n) is 2.57. The zero-order valence-electron chi connectivity index (χ0n) is 9.36. The molecule has 7 nitrogen and oxygen atoms in total. The number of nitrogens with one attached hydrogen (secondary N) is 3. The maximum absolute atomic E-state index is 11.8.